The molecule has 3 aromatic rings. The van der Waals surface area contributed by atoms with E-state index in [0.29, 0.717) is 24.7 Å². The molecule has 0 saturated heterocycles. The van der Waals surface area contributed by atoms with Crippen molar-refractivity contribution in [3.05, 3.63) is 108 Å². The van der Waals surface area contributed by atoms with Crippen molar-refractivity contribution in [2.75, 3.05) is 13.2 Å². The van der Waals surface area contributed by atoms with Crippen LogP contribution in [0.25, 0.3) is 0 Å². The molecule has 3 heteroatoms. The van der Waals surface area contributed by atoms with Crippen molar-refractivity contribution in [2.24, 2.45) is 10.8 Å². The molecule has 5 rings (SSSR count). The zero-order valence-electron chi connectivity index (χ0n) is 19.4. The van der Waals surface area contributed by atoms with Gasteiger partial charge in [-0.1, -0.05) is 91.0 Å². The van der Waals surface area contributed by atoms with Crippen LogP contribution in [0.15, 0.2) is 91.0 Å². The maximum atomic E-state index is 6.23. The Balaban J connectivity index is 1.12. The normalized spacial score (nSPS) is 18.5. The Morgan fingerprint density at radius 2 is 1.09 bits per heavy atom. The molecular formula is C30H35NO2. The van der Waals surface area contributed by atoms with Gasteiger partial charge in [0.05, 0.1) is 26.4 Å². The summed E-state index contributed by atoms with van der Waals surface area (Å²) in [4.78, 5) is 0. The fourth-order valence-corrected chi connectivity index (χ4v) is 5.98. The Hall–Kier alpha value is -2.46. The van der Waals surface area contributed by atoms with Crippen molar-refractivity contribution < 1.29 is 9.47 Å². The second-order valence-electron chi connectivity index (χ2n) is 10.3. The topological polar surface area (TPSA) is 30.5 Å². The number of hydrogen-bond donors (Lipinski definition) is 1. The zero-order chi connectivity index (χ0) is 22.4. The van der Waals surface area contributed by atoms with Gasteiger partial charge in [-0.15, -0.1) is 0 Å². The van der Waals surface area contributed by atoms with E-state index in [-0.39, 0.29) is 5.41 Å². The largest absolute Gasteiger partial charge is 0.376 e. The van der Waals surface area contributed by atoms with Crippen molar-refractivity contribution in [1.82, 2.24) is 5.32 Å². The molecule has 2 aliphatic carbocycles. The van der Waals surface area contributed by atoms with E-state index in [2.05, 4.69) is 96.3 Å². The fourth-order valence-electron chi connectivity index (χ4n) is 5.98. The first kappa shape index (κ1) is 22.3. The summed E-state index contributed by atoms with van der Waals surface area (Å²) < 4.78 is 12.5. The molecule has 2 fully saturated rings. The second-order valence-corrected chi connectivity index (χ2v) is 10.3. The maximum Gasteiger partial charge on any atom is 0.0717 e. The maximum absolute atomic E-state index is 6.23. The molecule has 0 aliphatic heterocycles. The molecule has 3 nitrogen and oxygen atoms in total. The van der Waals surface area contributed by atoms with Crippen LogP contribution in [0.4, 0.5) is 0 Å². The average molecular weight is 442 g/mol. The van der Waals surface area contributed by atoms with Gasteiger partial charge in [-0.3, -0.25) is 0 Å². The van der Waals surface area contributed by atoms with Crippen LogP contribution in [0.1, 0.15) is 42.4 Å². The van der Waals surface area contributed by atoms with Crippen molar-refractivity contribution in [2.45, 2.75) is 51.5 Å². The summed E-state index contributed by atoms with van der Waals surface area (Å²) in [6.07, 6.45) is 4.98. The van der Waals surface area contributed by atoms with Crippen molar-refractivity contribution in [3.8, 4) is 0 Å². The van der Waals surface area contributed by atoms with E-state index in [1.165, 1.54) is 42.4 Å². The Morgan fingerprint density at radius 3 is 1.58 bits per heavy atom. The molecule has 0 radical (unpaired) electrons. The summed E-state index contributed by atoms with van der Waals surface area (Å²) in [5.74, 6) is 0. The van der Waals surface area contributed by atoms with Gasteiger partial charge in [0.2, 0.25) is 0 Å². The summed E-state index contributed by atoms with van der Waals surface area (Å²) in [5.41, 5.74) is 4.47. The molecule has 0 aromatic heterocycles. The quantitative estimate of drug-likeness (QED) is 0.388. The molecule has 1 N–H and O–H groups in total. The third-order valence-electron chi connectivity index (χ3n) is 7.34. The molecule has 1 spiro atoms. The molecular weight excluding hydrogens is 406 g/mol. The predicted octanol–water partition coefficient (Wildman–Crippen LogP) is 6.14. The highest BCUT2D eigenvalue weighted by atomic mass is 16.5. The molecule has 2 saturated carbocycles. The van der Waals surface area contributed by atoms with Crippen molar-refractivity contribution >= 4 is 0 Å². The van der Waals surface area contributed by atoms with Gasteiger partial charge >= 0.3 is 0 Å². The number of ether oxygens (including phenoxy) is 2. The highest BCUT2D eigenvalue weighted by molar-refractivity contribution is 5.17. The Bertz CT molecular complexity index is 928. The molecule has 0 bridgehead atoms. The fraction of sp³-hybridized carbons (Fsp3) is 0.400. The van der Waals surface area contributed by atoms with Crippen LogP contribution in [0.2, 0.25) is 0 Å². The highest BCUT2D eigenvalue weighted by Crippen LogP contribution is 2.64. The molecule has 0 unspecified atom stereocenters. The van der Waals surface area contributed by atoms with Crippen molar-refractivity contribution in [3.63, 3.8) is 0 Å². The summed E-state index contributed by atoms with van der Waals surface area (Å²) in [7, 11) is 0. The van der Waals surface area contributed by atoms with E-state index in [4.69, 9.17) is 9.47 Å². The Morgan fingerprint density at radius 1 is 0.636 bits per heavy atom. The first-order valence-electron chi connectivity index (χ1n) is 12.2. The first-order chi connectivity index (χ1) is 16.2. The van der Waals surface area contributed by atoms with Crippen LogP contribution in [0.3, 0.4) is 0 Å². The van der Waals surface area contributed by atoms with E-state index in [1.54, 1.807) is 0 Å². The van der Waals surface area contributed by atoms with E-state index in [9.17, 15) is 0 Å². The van der Waals surface area contributed by atoms with Gasteiger partial charge < -0.3 is 14.8 Å². The Kier molecular flexibility index (Phi) is 6.91. The number of rotatable bonds is 11. The number of benzene rings is 3. The van der Waals surface area contributed by atoms with Crippen LogP contribution < -0.4 is 5.32 Å². The minimum absolute atomic E-state index is 0.147. The van der Waals surface area contributed by atoms with Gasteiger partial charge in [-0.05, 0) is 47.8 Å². The monoisotopic (exact) mass is 441 g/mol. The lowest BCUT2D eigenvalue weighted by atomic mass is 9.44. The molecule has 0 atom stereocenters. The lowest BCUT2D eigenvalue weighted by molar-refractivity contribution is -0.176. The van der Waals surface area contributed by atoms with Gasteiger partial charge in [0.15, 0.2) is 0 Å². The van der Waals surface area contributed by atoms with Gasteiger partial charge in [-0.2, -0.15) is 0 Å². The third kappa shape index (κ3) is 5.73. The SMILES string of the molecule is c1ccc(CNC2CC3(C2)CC(COCc2ccccc2)(COCc2ccccc2)C3)cc1. The summed E-state index contributed by atoms with van der Waals surface area (Å²) >= 11 is 0. The van der Waals surface area contributed by atoms with Gasteiger partial charge in [0, 0.05) is 18.0 Å². The standard InChI is InChI=1S/C30H35NO2/c1-4-10-25(11-5-1)18-31-28-16-29(17-28)21-30(22-29,23-32-19-26-12-6-2-7-13-26)24-33-20-27-14-8-3-9-15-27/h1-15,28,31H,16-24H2. The van der Waals surface area contributed by atoms with E-state index < -0.39 is 0 Å². The van der Waals surface area contributed by atoms with E-state index in [1.807, 2.05) is 0 Å². The van der Waals surface area contributed by atoms with Crippen LogP contribution >= 0.6 is 0 Å². The minimum Gasteiger partial charge on any atom is -0.376 e. The molecule has 172 valence electrons. The molecule has 2 aliphatic rings. The van der Waals surface area contributed by atoms with Crippen LogP contribution in [0.5, 0.6) is 0 Å². The van der Waals surface area contributed by atoms with Gasteiger partial charge in [0.25, 0.3) is 0 Å². The first-order valence-corrected chi connectivity index (χ1v) is 12.2. The van der Waals surface area contributed by atoms with Crippen LogP contribution in [-0.4, -0.2) is 19.3 Å². The molecule has 0 heterocycles. The van der Waals surface area contributed by atoms with E-state index in [0.717, 1.165) is 19.8 Å². The molecule has 0 amide bonds. The second kappa shape index (κ2) is 10.2. The Labute approximate surface area is 198 Å². The average Bonchev–Trinajstić information content (AvgIpc) is 2.81. The lowest BCUT2D eigenvalue weighted by Crippen LogP contribution is -2.61. The zero-order valence-corrected chi connectivity index (χ0v) is 19.4. The van der Waals surface area contributed by atoms with Gasteiger partial charge in [-0.25, -0.2) is 0 Å². The summed E-state index contributed by atoms with van der Waals surface area (Å²) in [6.45, 7) is 3.87. The number of nitrogens with one attached hydrogen (secondary N) is 1. The highest BCUT2D eigenvalue weighted by Gasteiger charge is 2.60. The minimum atomic E-state index is 0.147. The third-order valence-corrected chi connectivity index (χ3v) is 7.34. The molecule has 33 heavy (non-hydrogen) atoms. The van der Waals surface area contributed by atoms with Gasteiger partial charge in [0.1, 0.15) is 0 Å². The van der Waals surface area contributed by atoms with Crippen LogP contribution in [-0.2, 0) is 29.2 Å². The van der Waals surface area contributed by atoms with Crippen molar-refractivity contribution in [1.29, 1.82) is 0 Å². The van der Waals surface area contributed by atoms with E-state index >= 15 is 0 Å². The smallest absolute Gasteiger partial charge is 0.0717 e. The summed E-state index contributed by atoms with van der Waals surface area (Å²) in [5, 5.41) is 3.75. The predicted molar refractivity (Wildman–Crippen MR) is 133 cm³/mol. The number of hydrogen-bond acceptors (Lipinski definition) is 3. The lowest BCUT2D eigenvalue weighted by Gasteiger charge is -2.63. The molecule has 3 aromatic carbocycles. The summed E-state index contributed by atoms with van der Waals surface area (Å²) in [6, 6.07) is 32.3. The van der Waals surface area contributed by atoms with Crippen LogP contribution in [0, 0.1) is 10.8 Å².